The molecule has 1 aromatic heterocycles. The zero-order chi connectivity index (χ0) is 13.1. The zero-order valence-electron chi connectivity index (χ0n) is 10.7. The summed E-state index contributed by atoms with van der Waals surface area (Å²) in [6.07, 6.45) is 2.45. The highest BCUT2D eigenvalue weighted by atomic mass is 79.9. The third-order valence-electron chi connectivity index (χ3n) is 3.37. The van der Waals surface area contributed by atoms with Crippen molar-refractivity contribution in [1.82, 2.24) is 5.32 Å². The second kappa shape index (κ2) is 6.07. The monoisotopic (exact) mass is 336 g/mol. The first-order valence-corrected chi connectivity index (χ1v) is 8.23. The molecule has 100 valence electrons. The normalized spacial score (nSPS) is 13.9. The van der Waals surface area contributed by atoms with Gasteiger partial charge in [-0.05, 0) is 58.1 Å². The Morgan fingerprint density at radius 2 is 2.16 bits per heavy atom. The fraction of sp³-hybridized carbons (Fsp3) is 0.333. The standard InChI is InChI=1S/C15H17BrN2S/c16-15-6-4-13(19-15)10-17-9-11-3-5-14-12(8-11)2-1-7-18-14/h3-6,8,17-18H,1-2,7,9-10H2. The van der Waals surface area contributed by atoms with Gasteiger partial charge in [-0.25, -0.2) is 0 Å². The Labute approximate surface area is 126 Å². The summed E-state index contributed by atoms with van der Waals surface area (Å²) >= 11 is 5.28. The fourth-order valence-electron chi connectivity index (χ4n) is 2.42. The molecule has 0 spiro atoms. The molecule has 0 radical (unpaired) electrons. The van der Waals surface area contributed by atoms with Gasteiger partial charge in [-0.3, -0.25) is 0 Å². The number of nitrogens with one attached hydrogen (secondary N) is 2. The summed E-state index contributed by atoms with van der Waals surface area (Å²) < 4.78 is 1.20. The summed E-state index contributed by atoms with van der Waals surface area (Å²) in [5, 5.41) is 6.96. The molecule has 2 heterocycles. The molecule has 0 unspecified atom stereocenters. The molecule has 19 heavy (non-hydrogen) atoms. The van der Waals surface area contributed by atoms with E-state index >= 15 is 0 Å². The molecular weight excluding hydrogens is 320 g/mol. The molecule has 2 nitrogen and oxygen atoms in total. The van der Waals surface area contributed by atoms with Crippen LogP contribution in [0.2, 0.25) is 0 Å². The van der Waals surface area contributed by atoms with Gasteiger partial charge in [0.05, 0.1) is 3.79 Å². The van der Waals surface area contributed by atoms with Crippen LogP contribution in [0.3, 0.4) is 0 Å². The molecule has 0 fully saturated rings. The van der Waals surface area contributed by atoms with Gasteiger partial charge in [0.1, 0.15) is 0 Å². The lowest BCUT2D eigenvalue weighted by atomic mass is 10.0. The van der Waals surface area contributed by atoms with E-state index in [-0.39, 0.29) is 0 Å². The SMILES string of the molecule is Brc1ccc(CNCc2ccc3c(c2)CCCN3)s1. The summed E-state index contributed by atoms with van der Waals surface area (Å²) in [7, 11) is 0. The van der Waals surface area contributed by atoms with E-state index in [1.54, 1.807) is 11.3 Å². The Balaban J connectivity index is 1.58. The minimum atomic E-state index is 0.933. The molecule has 0 aliphatic carbocycles. The van der Waals surface area contributed by atoms with Crippen molar-refractivity contribution in [2.45, 2.75) is 25.9 Å². The molecule has 0 saturated heterocycles. The van der Waals surface area contributed by atoms with Crippen molar-refractivity contribution in [2.75, 3.05) is 11.9 Å². The maximum Gasteiger partial charge on any atom is 0.0701 e. The molecule has 0 bridgehead atoms. The minimum absolute atomic E-state index is 0.933. The first-order valence-electron chi connectivity index (χ1n) is 6.62. The number of benzene rings is 1. The topological polar surface area (TPSA) is 24.1 Å². The Kier molecular flexibility index (Phi) is 4.21. The van der Waals surface area contributed by atoms with Crippen LogP contribution in [0.1, 0.15) is 22.4 Å². The van der Waals surface area contributed by atoms with Gasteiger partial charge < -0.3 is 10.6 Å². The van der Waals surface area contributed by atoms with Crippen LogP contribution in [0, 0.1) is 0 Å². The first-order chi connectivity index (χ1) is 9.31. The Hall–Kier alpha value is -0.840. The number of hydrogen-bond donors (Lipinski definition) is 2. The molecule has 0 amide bonds. The average Bonchev–Trinajstić information content (AvgIpc) is 2.84. The van der Waals surface area contributed by atoms with Gasteiger partial charge in [0.15, 0.2) is 0 Å². The molecule has 2 aromatic rings. The molecule has 1 aromatic carbocycles. The summed E-state index contributed by atoms with van der Waals surface area (Å²) in [5.74, 6) is 0. The highest BCUT2D eigenvalue weighted by Gasteiger charge is 2.08. The Morgan fingerprint density at radius 1 is 1.21 bits per heavy atom. The maximum absolute atomic E-state index is 3.51. The van der Waals surface area contributed by atoms with Crippen LogP contribution in [0.25, 0.3) is 0 Å². The maximum atomic E-state index is 3.51. The molecule has 0 saturated carbocycles. The summed E-state index contributed by atoms with van der Waals surface area (Å²) in [6.45, 7) is 2.98. The fourth-order valence-corrected chi connectivity index (χ4v) is 3.87. The highest BCUT2D eigenvalue weighted by Crippen LogP contribution is 2.24. The third kappa shape index (κ3) is 3.38. The smallest absolute Gasteiger partial charge is 0.0701 e. The van der Waals surface area contributed by atoms with Crippen molar-refractivity contribution < 1.29 is 0 Å². The van der Waals surface area contributed by atoms with E-state index in [1.807, 2.05) is 0 Å². The Bertz CT molecular complexity index is 565. The van der Waals surface area contributed by atoms with E-state index in [0.29, 0.717) is 0 Å². The van der Waals surface area contributed by atoms with Gasteiger partial charge in [-0.2, -0.15) is 0 Å². The van der Waals surface area contributed by atoms with Crippen LogP contribution in [0.4, 0.5) is 5.69 Å². The lowest BCUT2D eigenvalue weighted by Crippen LogP contribution is -2.14. The Morgan fingerprint density at radius 3 is 3.00 bits per heavy atom. The van der Waals surface area contributed by atoms with Gasteiger partial charge in [0.25, 0.3) is 0 Å². The average molecular weight is 337 g/mol. The lowest BCUT2D eigenvalue weighted by Gasteiger charge is -2.18. The van der Waals surface area contributed by atoms with Crippen molar-refractivity contribution >= 4 is 33.0 Å². The van der Waals surface area contributed by atoms with Crippen LogP contribution in [0.15, 0.2) is 34.1 Å². The van der Waals surface area contributed by atoms with Gasteiger partial charge >= 0.3 is 0 Å². The second-order valence-electron chi connectivity index (χ2n) is 4.83. The molecule has 3 rings (SSSR count). The molecule has 1 aliphatic heterocycles. The molecule has 4 heteroatoms. The number of aryl methyl sites for hydroxylation is 1. The van der Waals surface area contributed by atoms with E-state index < -0.39 is 0 Å². The molecule has 1 aliphatic rings. The van der Waals surface area contributed by atoms with Crippen LogP contribution >= 0.6 is 27.3 Å². The van der Waals surface area contributed by atoms with E-state index in [4.69, 9.17) is 0 Å². The number of halogens is 1. The number of rotatable bonds is 4. The molecule has 0 atom stereocenters. The van der Waals surface area contributed by atoms with Crippen molar-refractivity contribution in [3.8, 4) is 0 Å². The van der Waals surface area contributed by atoms with Crippen molar-refractivity contribution in [3.05, 3.63) is 50.1 Å². The predicted molar refractivity (Wildman–Crippen MR) is 85.8 cm³/mol. The van der Waals surface area contributed by atoms with Crippen molar-refractivity contribution in [2.24, 2.45) is 0 Å². The number of fused-ring (bicyclic) bond motifs is 1. The first kappa shape index (κ1) is 13.2. The van der Waals surface area contributed by atoms with E-state index in [2.05, 4.69) is 56.9 Å². The van der Waals surface area contributed by atoms with E-state index in [9.17, 15) is 0 Å². The lowest BCUT2D eigenvalue weighted by molar-refractivity contribution is 0.699. The van der Waals surface area contributed by atoms with Crippen molar-refractivity contribution in [3.63, 3.8) is 0 Å². The number of thiophene rings is 1. The van der Waals surface area contributed by atoms with Crippen molar-refractivity contribution in [1.29, 1.82) is 0 Å². The summed E-state index contributed by atoms with van der Waals surface area (Å²) in [5.41, 5.74) is 4.15. The van der Waals surface area contributed by atoms with Gasteiger partial charge in [0, 0.05) is 30.2 Å². The van der Waals surface area contributed by atoms with Crippen LogP contribution in [0.5, 0.6) is 0 Å². The van der Waals surface area contributed by atoms with Crippen LogP contribution in [-0.4, -0.2) is 6.54 Å². The van der Waals surface area contributed by atoms with Gasteiger partial charge in [-0.1, -0.05) is 12.1 Å². The highest BCUT2D eigenvalue weighted by molar-refractivity contribution is 9.11. The molecular formula is C15H17BrN2S. The molecule has 2 N–H and O–H groups in total. The number of anilines is 1. The number of hydrogen-bond acceptors (Lipinski definition) is 3. The van der Waals surface area contributed by atoms with Crippen LogP contribution < -0.4 is 10.6 Å². The zero-order valence-corrected chi connectivity index (χ0v) is 13.1. The largest absolute Gasteiger partial charge is 0.385 e. The van der Waals surface area contributed by atoms with Crippen LogP contribution in [-0.2, 0) is 19.5 Å². The van der Waals surface area contributed by atoms with E-state index in [0.717, 1.165) is 19.6 Å². The summed E-state index contributed by atoms with van der Waals surface area (Å²) in [6, 6.07) is 11.0. The third-order valence-corrected chi connectivity index (χ3v) is 4.99. The van der Waals surface area contributed by atoms with Gasteiger partial charge in [-0.15, -0.1) is 11.3 Å². The quantitative estimate of drug-likeness (QED) is 0.875. The predicted octanol–water partition coefficient (Wildman–Crippen LogP) is 4.16. The summed E-state index contributed by atoms with van der Waals surface area (Å²) in [4.78, 5) is 1.37. The minimum Gasteiger partial charge on any atom is -0.385 e. The van der Waals surface area contributed by atoms with E-state index in [1.165, 1.54) is 38.3 Å². The van der Waals surface area contributed by atoms with Gasteiger partial charge in [0.2, 0.25) is 0 Å². The second-order valence-corrected chi connectivity index (χ2v) is 7.38.